The molecular weight excluding hydrogens is 268 g/mol. The zero-order valence-electron chi connectivity index (χ0n) is 9.10. The van der Waals surface area contributed by atoms with Gasteiger partial charge in [-0.05, 0) is 18.6 Å². The standard InChI is InChI=1S/C11H14Cl3NO/c1-2-3-15-4-5-16-11-9(13)6-8(12)7-10(11)14/h6-7,15H,2-5H2,1H3/p+1. The Morgan fingerprint density at radius 2 is 1.75 bits per heavy atom. The molecule has 0 aromatic heterocycles. The summed E-state index contributed by atoms with van der Waals surface area (Å²) in [7, 11) is 0. The average molecular weight is 284 g/mol. The van der Waals surface area contributed by atoms with E-state index in [2.05, 4.69) is 12.2 Å². The Morgan fingerprint density at radius 3 is 2.31 bits per heavy atom. The molecule has 1 aromatic carbocycles. The van der Waals surface area contributed by atoms with Crippen molar-refractivity contribution in [3.05, 3.63) is 27.2 Å². The van der Waals surface area contributed by atoms with E-state index in [1.54, 1.807) is 12.1 Å². The van der Waals surface area contributed by atoms with Crippen LogP contribution in [0.15, 0.2) is 12.1 Å². The average Bonchev–Trinajstić information content (AvgIpc) is 2.20. The first-order chi connectivity index (χ1) is 7.65. The number of benzene rings is 1. The molecule has 0 aliphatic carbocycles. The maximum absolute atomic E-state index is 5.97. The largest absolute Gasteiger partial charge is 0.485 e. The van der Waals surface area contributed by atoms with Crippen LogP contribution in [-0.4, -0.2) is 19.7 Å². The molecule has 0 aliphatic heterocycles. The molecule has 2 nitrogen and oxygen atoms in total. The van der Waals surface area contributed by atoms with Crippen LogP contribution in [0.3, 0.4) is 0 Å². The van der Waals surface area contributed by atoms with E-state index in [1.165, 1.54) is 0 Å². The summed E-state index contributed by atoms with van der Waals surface area (Å²) in [5.41, 5.74) is 0. The molecule has 0 fully saturated rings. The number of hydrogen-bond donors (Lipinski definition) is 1. The van der Waals surface area contributed by atoms with Crippen LogP contribution < -0.4 is 10.1 Å². The molecule has 0 aliphatic rings. The maximum Gasteiger partial charge on any atom is 0.156 e. The lowest BCUT2D eigenvalue weighted by Gasteiger charge is -2.09. The minimum absolute atomic E-state index is 0.452. The van der Waals surface area contributed by atoms with E-state index in [-0.39, 0.29) is 0 Å². The van der Waals surface area contributed by atoms with Crippen LogP contribution in [-0.2, 0) is 0 Å². The van der Waals surface area contributed by atoms with Gasteiger partial charge in [0, 0.05) is 5.02 Å². The van der Waals surface area contributed by atoms with E-state index >= 15 is 0 Å². The number of rotatable bonds is 6. The summed E-state index contributed by atoms with van der Waals surface area (Å²) in [6.45, 7) is 4.72. The van der Waals surface area contributed by atoms with Crippen molar-refractivity contribution in [2.45, 2.75) is 13.3 Å². The molecule has 0 heterocycles. The Bertz CT molecular complexity index is 321. The van der Waals surface area contributed by atoms with Crippen molar-refractivity contribution >= 4 is 34.8 Å². The molecule has 0 saturated carbocycles. The molecule has 0 radical (unpaired) electrons. The van der Waals surface area contributed by atoms with Crippen LogP contribution in [0.5, 0.6) is 5.75 Å². The van der Waals surface area contributed by atoms with E-state index in [0.29, 0.717) is 27.4 Å². The Morgan fingerprint density at radius 1 is 1.12 bits per heavy atom. The van der Waals surface area contributed by atoms with Gasteiger partial charge in [-0.3, -0.25) is 0 Å². The van der Waals surface area contributed by atoms with Crippen molar-refractivity contribution in [3.63, 3.8) is 0 Å². The fraction of sp³-hybridized carbons (Fsp3) is 0.455. The minimum atomic E-state index is 0.452. The van der Waals surface area contributed by atoms with Crippen molar-refractivity contribution in [1.29, 1.82) is 0 Å². The van der Waals surface area contributed by atoms with Gasteiger partial charge in [0.05, 0.1) is 16.6 Å². The number of ether oxygens (including phenoxy) is 1. The summed E-state index contributed by atoms with van der Waals surface area (Å²) in [6.07, 6.45) is 1.16. The van der Waals surface area contributed by atoms with Gasteiger partial charge in [-0.25, -0.2) is 0 Å². The lowest BCUT2D eigenvalue weighted by molar-refractivity contribution is -0.655. The van der Waals surface area contributed by atoms with Gasteiger partial charge in [-0.1, -0.05) is 41.7 Å². The van der Waals surface area contributed by atoms with Crippen molar-refractivity contribution in [1.82, 2.24) is 0 Å². The third-order valence-electron chi connectivity index (χ3n) is 2.02. The molecule has 5 heteroatoms. The third-order valence-corrected chi connectivity index (χ3v) is 2.80. The van der Waals surface area contributed by atoms with Gasteiger partial charge in [0.1, 0.15) is 13.2 Å². The minimum Gasteiger partial charge on any atom is -0.485 e. The number of hydrogen-bond acceptors (Lipinski definition) is 1. The Balaban J connectivity index is 2.47. The molecule has 0 amide bonds. The highest BCUT2D eigenvalue weighted by atomic mass is 35.5. The second-order valence-electron chi connectivity index (χ2n) is 3.41. The van der Waals surface area contributed by atoms with E-state index in [9.17, 15) is 0 Å². The SMILES string of the molecule is CCC[NH2+]CCOc1c(Cl)cc(Cl)cc1Cl. The summed E-state index contributed by atoms with van der Waals surface area (Å²) in [5, 5.41) is 3.61. The molecule has 2 N–H and O–H groups in total. The topological polar surface area (TPSA) is 25.8 Å². The van der Waals surface area contributed by atoms with Crippen LogP contribution in [0.4, 0.5) is 0 Å². The van der Waals surface area contributed by atoms with Crippen molar-refractivity contribution < 1.29 is 10.1 Å². The molecule has 1 aromatic rings. The number of quaternary nitrogens is 1. The van der Waals surface area contributed by atoms with E-state index in [4.69, 9.17) is 39.5 Å². The monoisotopic (exact) mass is 282 g/mol. The molecule has 16 heavy (non-hydrogen) atoms. The van der Waals surface area contributed by atoms with E-state index < -0.39 is 0 Å². The van der Waals surface area contributed by atoms with E-state index in [1.807, 2.05) is 0 Å². The molecule has 0 spiro atoms. The molecular formula is C11H15Cl3NO+. The fourth-order valence-electron chi connectivity index (χ4n) is 1.26. The molecule has 90 valence electrons. The van der Waals surface area contributed by atoms with Gasteiger partial charge >= 0.3 is 0 Å². The maximum atomic E-state index is 5.97. The van der Waals surface area contributed by atoms with Crippen molar-refractivity contribution in [3.8, 4) is 5.75 Å². The van der Waals surface area contributed by atoms with Crippen LogP contribution in [0.2, 0.25) is 15.1 Å². The predicted molar refractivity (Wildman–Crippen MR) is 68.9 cm³/mol. The second kappa shape index (κ2) is 7.23. The molecule has 0 atom stereocenters. The lowest BCUT2D eigenvalue weighted by Crippen LogP contribution is -2.85. The van der Waals surface area contributed by atoms with Crippen LogP contribution >= 0.6 is 34.8 Å². The van der Waals surface area contributed by atoms with Crippen molar-refractivity contribution in [2.24, 2.45) is 0 Å². The first-order valence-corrected chi connectivity index (χ1v) is 6.37. The summed E-state index contributed by atoms with van der Waals surface area (Å²) < 4.78 is 5.52. The highest BCUT2D eigenvalue weighted by Gasteiger charge is 2.08. The van der Waals surface area contributed by atoms with Crippen molar-refractivity contribution in [2.75, 3.05) is 19.7 Å². The quantitative estimate of drug-likeness (QED) is 0.798. The first kappa shape index (κ1) is 13.9. The van der Waals surface area contributed by atoms with Gasteiger partial charge < -0.3 is 10.1 Å². The van der Waals surface area contributed by atoms with Gasteiger partial charge in [-0.15, -0.1) is 0 Å². The Labute approximate surface area is 111 Å². The predicted octanol–water partition coefficient (Wildman–Crippen LogP) is 3.00. The number of halogens is 3. The highest BCUT2D eigenvalue weighted by molar-refractivity contribution is 6.40. The van der Waals surface area contributed by atoms with Crippen LogP contribution in [0.1, 0.15) is 13.3 Å². The zero-order valence-corrected chi connectivity index (χ0v) is 11.4. The van der Waals surface area contributed by atoms with Gasteiger partial charge in [0.15, 0.2) is 5.75 Å². The van der Waals surface area contributed by atoms with Gasteiger partial charge in [0.2, 0.25) is 0 Å². The van der Waals surface area contributed by atoms with Crippen LogP contribution in [0.25, 0.3) is 0 Å². The summed E-state index contributed by atoms with van der Waals surface area (Å²) >= 11 is 17.7. The van der Waals surface area contributed by atoms with Crippen LogP contribution in [0, 0.1) is 0 Å². The first-order valence-electron chi connectivity index (χ1n) is 5.24. The smallest absolute Gasteiger partial charge is 0.156 e. The molecule has 0 bridgehead atoms. The normalized spacial score (nSPS) is 10.5. The fourth-order valence-corrected chi connectivity index (χ4v) is 2.19. The summed E-state index contributed by atoms with van der Waals surface area (Å²) in [5.74, 6) is 0.512. The molecule has 0 saturated heterocycles. The highest BCUT2D eigenvalue weighted by Crippen LogP contribution is 2.35. The van der Waals surface area contributed by atoms with E-state index in [0.717, 1.165) is 19.5 Å². The molecule has 0 unspecified atom stereocenters. The van der Waals surface area contributed by atoms with Gasteiger partial charge in [-0.2, -0.15) is 0 Å². The Hall–Kier alpha value is -0.150. The Kier molecular flexibility index (Phi) is 6.29. The lowest BCUT2D eigenvalue weighted by atomic mass is 10.3. The summed E-state index contributed by atoms with van der Waals surface area (Å²) in [6, 6.07) is 3.25. The second-order valence-corrected chi connectivity index (χ2v) is 4.66. The summed E-state index contributed by atoms with van der Waals surface area (Å²) in [4.78, 5) is 0. The zero-order chi connectivity index (χ0) is 12.0. The molecule has 1 rings (SSSR count). The third kappa shape index (κ3) is 4.38. The number of nitrogens with two attached hydrogens (primary N) is 1. The van der Waals surface area contributed by atoms with Gasteiger partial charge in [0.25, 0.3) is 0 Å².